The molecule has 1 unspecified atom stereocenters. The van der Waals surface area contributed by atoms with Crippen LogP contribution in [0.1, 0.15) is 44.0 Å². The minimum absolute atomic E-state index is 0.378. The molecule has 1 atom stereocenters. The first-order valence-corrected chi connectivity index (χ1v) is 6.84. The molecule has 1 aromatic carbocycles. The summed E-state index contributed by atoms with van der Waals surface area (Å²) in [6.45, 7) is 6.62. The first-order chi connectivity index (χ1) is 8.59. The summed E-state index contributed by atoms with van der Waals surface area (Å²) in [5.41, 5.74) is 2.63. The normalized spacial score (nSPS) is 12.9. The number of benzene rings is 1. The lowest BCUT2D eigenvalue weighted by molar-refractivity contribution is 0.508. The molecule has 2 aromatic rings. The number of imidazole rings is 1. The second kappa shape index (κ2) is 5.53. The fourth-order valence-corrected chi connectivity index (χ4v) is 2.68. The Balaban J connectivity index is 2.26. The zero-order valence-electron chi connectivity index (χ0n) is 11.2. The van der Waals surface area contributed by atoms with E-state index >= 15 is 0 Å². The lowest BCUT2D eigenvalue weighted by Gasteiger charge is -2.18. The summed E-state index contributed by atoms with van der Waals surface area (Å²) in [5, 5.41) is 0. The van der Waals surface area contributed by atoms with Crippen LogP contribution < -0.4 is 0 Å². The van der Waals surface area contributed by atoms with Crippen molar-refractivity contribution in [3.05, 3.63) is 52.6 Å². The van der Waals surface area contributed by atoms with Gasteiger partial charge in [-0.25, -0.2) is 0 Å². The van der Waals surface area contributed by atoms with Gasteiger partial charge in [-0.2, -0.15) is 0 Å². The van der Waals surface area contributed by atoms with E-state index in [-0.39, 0.29) is 0 Å². The molecule has 1 aromatic heterocycles. The molecule has 0 bridgehead atoms. The Labute approximate surface area is 114 Å². The zero-order valence-corrected chi connectivity index (χ0v) is 12.0. The van der Waals surface area contributed by atoms with E-state index in [1.165, 1.54) is 11.3 Å². The second-order valence-corrected chi connectivity index (χ2v) is 5.47. The molecule has 0 radical (unpaired) electrons. The quantitative estimate of drug-likeness (QED) is 0.804. The third-order valence-electron chi connectivity index (χ3n) is 3.25. The molecule has 0 aliphatic heterocycles. The highest BCUT2D eigenvalue weighted by Gasteiger charge is 2.13. The van der Waals surface area contributed by atoms with Crippen molar-refractivity contribution in [3.8, 4) is 0 Å². The highest BCUT2D eigenvalue weighted by Crippen LogP contribution is 2.22. The Morgan fingerprint density at radius 3 is 2.44 bits per heavy atom. The SMILES string of the molecule is CC(C)c1c[nH]c(=S)n1C(C)Cc1ccccc1. The number of rotatable bonds is 4. The van der Waals surface area contributed by atoms with E-state index in [1.807, 2.05) is 6.20 Å². The minimum Gasteiger partial charge on any atom is -0.337 e. The van der Waals surface area contributed by atoms with Crippen LogP contribution in [0.15, 0.2) is 36.5 Å². The van der Waals surface area contributed by atoms with Crippen LogP contribution in [0.5, 0.6) is 0 Å². The van der Waals surface area contributed by atoms with Crippen LogP contribution in [-0.2, 0) is 6.42 Å². The molecule has 2 rings (SSSR count). The van der Waals surface area contributed by atoms with Crippen molar-refractivity contribution in [2.24, 2.45) is 0 Å². The highest BCUT2D eigenvalue weighted by molar-refractivity contribution is 7.71. The zero-order chi connectivity index (χ0) is 13.1. The maximum Gasteiger partial charge on any atom is 0.177 e. The fourth-order valence-electron chi connectivity index (χ4n) is 2.34. The van der Waals surface area contributed by atoms with Crippen LogP contribution in [0.25, 0.3) is 0 Å². The number of aromatic amines is 1. The molecule has 0 aliphatic rings. The minimum atomic E-state index is 0.378. The molecule has 0 spiro atoms. The summed E-state index contributed by atoms with van der Waals surface area (Å²) in [7, 11) is 0. The molecule has 0 saturated carbocycles. The number of hydrogen-bond donors (Lipinski definition) is 1. The molecule has 0 saturated heterocycles. The first-order valence-electron chi connectivity index (χ1n) is 6.43. The molecular formula is C15H20N2S. The van der Waals surface area contributed by atoms with Gasteiger partial charge in [0.2, 0.25) is 0 Å². The average Bonchev–Trinajstić information content (AvgIpc) is 2.72. The van der Waals surface area contributed by atoms with Gasteiger partial charge in [-0.15, -0.1) is 0 Å². The Morgan fingerprint density at radius 2 is 1.83 bits per heavy atom. The molecule has 96 valence electrons. The topological polar surface area (TPSA) is 20.7 Å². The number of nitrogens with zero attached hydrogens (tertiary/aromatic N) is 1. The van der Waals surface area contributed by atoms with Gasteiger partial charge in [-0.05, 0) is 37.0 Å². The number of aromatic nitrogens is 2. The smallest absolute Gasteiger partial charge is 0.177 e. The van der Waals surface area contributed by atoms with Gasteiger partial charge < -0.3 is 9.55 Å². The van der Waals surface area contributed by atoms with Crippen molar-refractivity contribution in [2.45, 2.75) is 39.2 Å². The van der Waals surface area contributed by atoms with Crippen LogP contribution in [0.2, 0.25) is 0 Å². The van der Waals surface area contributed by atoms with Crippen LogP contribution >= 0.6 is 12.2 Å². The summed E-state index contributed by atoms with van der Waals surface area (Å²) in [4.78, 5) is 3.16. The average molecular weight is 260 g/mol. The van der Waals surface area contributed by atoms with Gasteiger partial charge in [0.1, 0.15) is 0 Å². The van der Waals surface area contributed by atoms with Crippen LogP contribution in [-0.4, -0.2) is 9.55 Å². The Morgan fingerprint density at radius 1 is 1.17 bits per heavy atom. The molecular weight excluding hydrogens is 240 g/mol. The van der Waals surface area contributed by atoms with E-state index in [0.29, 0.717) is 12.0 Å². The maximum absolute atomic E-state index is 5.39. The van der Waals surface area contributed by atoms with E-state index in [4.69, 9.17) is 12.2 Å². The van der Waals surface area contributed by atoms with Crippen molar-refractivity contribution >= 4 is 12.2 Å². The summed E-state index contributed by atoms with van der Waals surface area (Å²) in [5.74, 6) is 0.483. The summed E-state index contributed by atoms with van der Waals surface area (Å²) < 4.78 is 3.06. The van der Waals surface area contributed by atoms with E-state index in [9.17, 15) is 0 Å². The van der Waals surface area contributed by atoms with E-state index in [1.54, 1.807) is 0 Å². The van der Waals surface area contributed by atoms with Crippen LogP contribution in [0.3, 0.4) is 0 Å². The van der Waals surface area contributed by atoms with Crippen molar-refractivity contribution in [1.29, 1.82) is 0 Å². The maximum atomic E-state index is 5.39. The van der Waals surface area contributed by atoms with E-state index < -0.39 is 0 Å². The van der Waals surface area contributed by atoms with Gasteiger partial charge >= 0.3 is 0 Å². The Kier molecular flexibility index (Phi) is 4.02. The van der Waals surface area contributed by atoms with Crippen molar-refractivity contribution < 1.29 is 0 Å². The van der Waals surface area contributed by atoms with Gasteiger partial charge in [-0.3, -0.25) is 0 Å². The lowest BCUT2D eigenvalue weighted by atomic mass is 10.1. The fraction of sp³-hybridized carbons (Fsp3) is 0.400. The molecule has 0 aliphatic carbocycles. The highest BCUT2D eigenvalue weighted by atomic mass is 32.1. The molecule has 1 heterocycles. The van der Waals surface area contributed by atoms with E-state index in [0.717, 1.165) is 11.2 Å². The van der Waals surface area contributed by atoms with Gasteiger partial charge in [0.15, 0.2) is 4.77 Å². The molecule has 2 nitrogen and oxygen atoms in total. The van der Waals surface area contributed by atoms with Crippen molar-refractivity contribution in [1.82, 2.24) is 9.55 Å². The van der Waals surface area contributed by atoms with E-state index in [2.05, 4.69) is 60.7 Å². The number of H-pyrrole nitrogens is 1. The lowest BCUT2D eigenvalue weighted by Crippen LogP contribution is -2.12. The summed E-state index contributed by atoms with van der Waals surface area (Å²) in [6.07, 6.45) is 3.04. The van der Waals surface area contributed by atoms with Crippen molar-refractivity contribution in [2.75, 3.05) is 0 Å². The Bertz CT molecular complexity index is 551. The molecule has 1 N–H and O–H groups in total. The largest absolute Gasteiger partial charge is 0.337 e. The third kappa shape index (κ3) is 2.72. The van der Waals surface area contributed by atoms with Gasteiger partial charge in [0, 0.05) is 17.9 Å². The molecule has 0 amide bonds. The summed E-state index contributed by atoms with van der Waals surface area (Å²) in [6, 6.07) is 10.9. The molecule has 0 fully saturated rings. The first kappa shape index (κ1) is 13.1. The number of hydrogen-bond acceptors (Lipinski definition) is 1. The predicted octanol–water partition coefficient (Wildman–Crippen LogP) is 4.47. The van der Waals surface area contributed by atoms with Gasteiger partial charge in [0.05, 0.1) is 0 Å². The number of nitrogens with one attached hydrogen (secondary N) is 1. The van der Waals surface area contributed by atoms with Crippen molar-refractivity contribution in [3.63, 3.8) is 0 Å². The molecule has 3 heteroatoms. The third-order valence-corrected chi connectivity index (χ3v) is 3.56. The van der Waals surface area contributed by atoms with Crippen LogP contribution in [0, 0.1) is 4.77 Å². The standard InChI is InChI=1S/C15H20N2S/c1-11(2)14-10-16-15(18)17(14)12(3)9-13-7-5-4-6-8-13/h4-8,10-12H,9H2,1-3H3,(H,16,18). The Hall–Kier alpha value is -1.35. The van der Waals surface area contributed by atoms with Gasteiger partial charge in [0.25, 0.3) is 0 Å². The summed E-state index contributed by atoms with van der Waals surface area (Å²) >= 11 is 5.39. The monoisotopic (exact) mass is 260 g/mol. The predicted molar refractivity (Wildman–Crippen MR) is 78.6 cm³/mol. The van der Waals surface area contributed by atoms with Crippen LogP contribution in [0.4, 0.5) is 0 Å². The molecule has 18 heavy (non-hydrogen) atoms. The van der Waals surface area contributed by atoms with Gasteiger partial charge in [-0.1, -0.05) is 44.2 Å². The second-order valence-electron chi connectivity index (χ2n) is 5.08.